The van der Waals surface area contributed by atoms with Crippen molar-refractivity contribution < 1.29 is 4.42 Å². The molecule has 2 aromatic carbocycles. The van der Waals surface area contributed by atoms with E-state index >= 15 is 0 Å². The van der Waals surface area contributed by atoms with Crippen LogP contribution in [0.25, 0.3) is 11.5 Å². The Morgan fingerprint density at radius 3 is 2.67 bits per heavy atom. The highest BCUT2D eigenvalue weighted by Crippen LogP contribution is 2.24. The van der Waals surface area contributed by atoms with E-state index in [1.165, 1.54) is 0 Å². The minimum absolute atomic E-state index is 0.497. The smallest absolute Gasteiger partial charge is 0.247 e. The Balaban J connectivity index is 1.72. The number of aromatic nitrogens is 2. The first-order valence-corrected chi connectivity index (χ1v) is 7.40. The molecule has 3 aromatic rings. The van der Waals surface area contributed by atoms with Gasteiger partial charge in [0.05, 0.1) is 6.54 Å². The summed E-state index contributed by atoms with van der Waals surface area (Å²) < 4.78 is 6.74. The van der Waals surface area contributed by atoms with Gasteiger partial charge in [0, 0.05) is 15.7 Å². The minimum Gasteiger partial charge on any atom is -0.419 e. The van der Waals surface area contributed by atoms with Crippen molar-refractivity contribution in [3.63, 3.8) is 0 Å². The standard InChI is InChI=1S/C16H14BrN3O/c1-11-13(17)8-5-9-14(11)18-10-15-19-20-16(21-15)12-6-3-2-4-7-12/h2-9,18H,10H2,1H3. The number of nitrogens with one attached hydrogen (secondary N) is 1. The normalized spacial score (nSPS) is 10.6. The van der Waals surface area contributed by atoms with Crippen LogP contribution in [0.5, 0.6) is 0 Å². The lowest BCUT2D eigenvalue weighted by Crippen LogP contribution is -2.01. The molecule has 0 aliphatic heterocycles. The van der Waals surface area contributed by atoms with Crippen LogP contribution >= 0.6 is 15.9 Å². The van der Waals surface area contributed by atoms with Gasteiger partial charge in [-0.05, 0) is 36.8 Å². The monoisotopic (exact) mass is 343 g/mol. The van der Waals surface area contributed by atoms with Crippen LogP contribution in [-0.2, 0) is 6.54 Å². The predicted molar refractivity (Wildman–Crippen MR) is 85.9 cm³/mol. The molecule has 0 saturated heterocycles. The molecule has 0 unspecified atom stereocenters. The molecule has 4 nitrogen and oxygen atoms in total. The van der Waals surface area contributed by atoms with Crippen molar-refractivity contribution in [2.75, 3.05) is 5.32 Å². The summed E-state index contributed by atoms with van der Waals surface area (Å²) in [6.45, 7) is 2.55. The zero-order chi connectivity index (χ0) is 14.7. The second-order valence-corrected chi connectivity index (χ2v) is 5.49. The molecule has 1 heterocycles. The van der Waals surface area contributed by atoms with Crippen LogP contribution in [0.15, 0.2) is 57.4 Å². The highest BCUT2D eigenvalue weighted by atomic mass is 79.9. The molecule has 0 bridgehead atoms. The number of hydrogen-bond acceptors (Lipinski definition) is 4. The summed E-state index contributed by atoms with van der Waals surface area (Å²) in [5.74, 6) is 1.10. The Morgan fingerprint density at radius 2 is 1.86 bits per heavy atom. The SMILES string of the molecule is Cc1c(Br)cccc1NCc1nnc(-c2ccccc2)o1. The van der Waals surface area contributed by atoms with Gasteiger partial charge in [0.25, 0.3) is 0 Å². The maximum absolute atomic E-state index is 5.67. The zero-order valence-electron chi connectivity index (χ0n) is 11.5. The van der Waals surface area contributed by atoms with Crippen molar-refractivity contribution in [3.8, 4) is 11.5 Å². The zero-order valence-corrected chi connectivity index (χ0v) is 13.1. The molecule has 0 aliphatic carbocycles. The molecule has 21 heavy (non-hydrogen) atoms. The lowest BCUT2D eigenvalue weighted by molar-refractivity contribution is 0.515. The van der Waals surface area contributed by atoms with Gasteiger partial charge in [-0.15, -0.1) is 10.2 Å². The van der Waals surface area contributed by atoms with Gasteiger partial charge < -0.3 is 9.73 Å². The van der Waals surface area contributed by atoms with Gasteiger partial charge in [0.1, 0.15) is 0 Å². The average Bonchev–Trinajstić information content (AvgIpc) is 2.99. The van der Waals surface area contributed by atoms with E-state index in [1.807, 2.05) is 48.5 Å². The average molecular weight is 344 g/mol. The Kier molecular flexibility index (Phi) is 4.01. The van der Waals surface area contributed by atoms with E-state index in [-0.39, 0.29) is 0 Å². The van der Waals surface area contributed by atoms with Crippen LogP contribution in [0.1, 0.15) is 11.5 Å². The van der Waals surface area contributed by atoms with Crippen molar-refractivity contribution in [3.05, 3.63) is 64.5 Å². The third-order valence-electron chi connectivity index (χ3n) is 3.19. The molecule has 0 radical (unpaired) electrons. The van der Waals surface area contributed by atoms with E-state index < -0.39 is 0 Å². The fraction of sp³-hybridized carbons (Fsp3) is 0.125. The van der Waals surface area contributed by atoms with Crippen molar-refractivity contribution in [2.45, 2.75) is 13.5 Å². The first kappa shape index (κ1) is 13.8. The molecule has 0 spiro atoms. The number of hydrogen-bond donors (Lipinski definition) is 1. The fourth-order valence-corrected chi connectivity index (χ4v) is 2.36. The number of halogens is 1. The second-order valence-electron chi connectivity index (χ2n) is 4.63. The van der Waals surface area contributed by atoms with Crippen LogP contribution in [0.2, 0.25) is 0 Å². The van der Waals surface area contributed by atoms with E-state index in [9.17, 15) is 0 Å². The predicted octanol–water partition coefficient (Wildman–Crippen LogP) is 4.42. The molecule has 0 aliphatic rings. The van der Waals surface area contributed by atoms with Gasteiger partial charge in [0.2, 0.25) is 11.8 Å². The third-order valence-corrected chi connectivity index (χ3v) is 4.04. The lowest BCUT2D eigenvalue weighted by Gasteiger charge is -2.08. The third kappa shape index (κ3) is 3.13. The van der Waals surface area contributed by atoms with Crippen LogP contribution in [0.4, 0.5) is 5.69 Å². The molecule has 0 atom stereocenters. The van der Waals surface area contributed by atoms with Gasteiger partial charge >= 0.3 is 0 Å². The lowest BCUT2D eigenvalue weighted by atomic mass is 10.2. The van der Waals surface area contributed by atoms with Crippen LogP contribution in [0, 0.1) is 6.92 Å². The molecule has 0 saturated carbocycles. The van der Waals surface area contributed by atoms with Gasteiger partial charge in [-0.25, -0.2) is 0 Å². The summed E-state index contributed by atoms with van der Waals surface area (Å²) in [5.41, 5.74) is 3.12. The molecule has 1 aromatic heterocycles. The number of benzene rings is 2. The Labute approximate surface area is 131 Å². The number of rotatable bonds is 4. The quantitative estimate of drug-likeness (QED) is 0.761. The minimum atomic E-state index is 0.497. The maximum atomic E-state index is 5.67. The largest absolute Gasteiger partial charge is 0.419 e. The van der Waals surface area contributed by atoms with E-state index in [0.29, 0.717) is 18.3 Å². The fourth-order valence-electron chi connectivity index (χ4n) is 1.99. The van der Waals surface area contributed by atoms with E-state index in [0.717, 1.165) is 21.3 Å². The summed E-state index contributed by atoms with van der Waals surface area (Å²) in [6.07, 6.45) is 0. The van der Waals surface area contributed by atoms with Crippen molar-refractivity contribution in [1.82, 2.24) is 10.2 Å². The first-order valence-electron chi connectivity index (χ1n) is 6.61. The van der Waals surface area contributed by atoms with Crippen LogP contribution in [-0.4, -0.2) is 10.2 Å². The van der Waals surface area contributed by atoms with Gasteiger partial charge in [-0.2, -0.15) is 0 Å². The van der Waals surface area contributed by atoms with Gasteiger partial charge in [-0.1, -0.05) is 40.2 Å². The molecule has 0 fully saturated rings. The topological polar surface area (TPSA) is 51.0 Å². The molecule has 3 rings (SSSR count). The van der Waals surface area contributed by atoms with Crippen molar-refractivity contribution in [1.29, 1.82) is 0 Å². The Hall–Kier alpha value is -2.14. The van der Waals surface area contributed by atoms with Crippen molar-refractivity contribution >= 4 is 21.6 Å². The molecule has 0 amide bonds. The van der Waals surface area contributed by atoms with E-state index in [1.54, 1.807) is 0 Å². The summed E-state index contributed by atoms with van der Waals surface area (Å²) in [5, 5.41) is 11.5. The van der Waals surface area contributed by atoms with Crippen LogP contribution < -0.4 is 5.32 Å². The molecule has 106 valence electrons. The van der Waals surface area contributed by atoms with Gasteiger partial charge in [0.15, 0.2) is 0 Å². The molecular formula is C16H14BrN3O. The van der Waals surface area contributed by atoms with Crippen molar-refractivity contribution in [2.24, 2.45) is 0 Å². The Morgan fingerprint density at radius 1 is 1.05 bits per heavy atom. The summed E-state index contributed by atoms with van der Waals surface area (Å²) in [6, 6.07) is 15.8. The molecule has 5 heteroatoms. The highest BCUT2D eigenvalue weighted by Gasteiger charge is 2.08. The maximum Gasteiger partial charge on any atom is 0.247 e. The van der Waals surface area contributed by atoms with Crippen LogP contribution in [0.3, 0.4) is 0 Å². The van der Waals surface area contributed by atoms with E-state index in [4.69, 9.17) is 4.42 Å². The summed E-state index contributed by atoms with van der Waals surface area (Å²) in [7, 11) is 0. The summed E-state index contributed by atoms with van der Waals surface area (Å²) >= 11 is 3.52. The van der Waals surface area contributed by atoms with E-state index in [2.05, 4.69) is 38.4 Å². The first-order chi connectivity index (χ1) is 10.2. The van der Waals surface area contributed by atoms with Gasteiger partial charge in [-0.3, -0.25) is 0 Å². The molecular weight excluding hydrogens is 330 g/mol. The Bertz CT molecular complexity index is 740. The molecule has 1 N–H and O–H groups in total. The number of nitrogens with zero attached hydrogens (tertiary/aromatic N) is 2. The number of anilines is 1. The summed E-state index contributed by atoms with van der Waals surface area (Å²) in [4.78, 5) is 0. The highest BCUT2D eigenvalue weighted by molar-refractivity contribution is 9.10. The second kappa shape index (κ2) is 6.10.